The third-order valence-electron chi connectivity index (χ3n) is 3.41. The van der Waals surface area contributed by atoms with Crippen LogP contribution in [-0.2, 0) is 6.54 Å². The maximum atomic E-state index is 5.99. The van der Waals surface area contributed by atoms with E-state index >= 15 is 0 Å². The Morgan fingerprint density at radius 2 is 1.90 bits per heavy atom. The van der Waals surface area contributed by atoms with E-state index in [-0.39, 0.29) is 5.41 Å². The van der Waals surface area contributed by atoms with Crippen molar-refractivity contribution in [1.82, 2.24) is 5.32 Å². The van der Waals surface area contributed by atoms with Crippen LogP contribution in [-0.4, -0.2) is 19.9 Å². The fourth-order valence-corrected chi connectivity index (χ4v) is 2.10. The molecule has 21 heavy (non-hydrogen) atoms. The predicted molar refractivity (Wildman–Crippen MR) is 84.1 cm³/mol. The topological polar surface area (TPSA) is 39.7 Å². The first-order chi connectivity index (χ1) is 9.99. The summed E-state index contributed by atoms with van der Waals surface area (Å²) < 4.78 is 16.9. The number of hydrogen-bond acceptors (Lipinski definition) is 4. The van der Waals surface area contributed by atoms with E-state index in [0.717, 1.165) is 48.7 Å². The third kappa shape index (κ3) is 4.81. The van der Waals surface area contributed by atoms with Crippen molar-refractivity contribution in [2.24, 2.45) is 5.41 Å². The molecule has 1 aliphatic rings. The fraction of sp³-hybridized carbons (Fsp3) is 0.647. The zero-order valence-corrected chi connectivity index (χ0v) is 13.6. The Hall–Kier alpha value is -1.42. The van der Waals surface area contributed by atoms with Crippen molar-refractivity contribution in [3.63, 3.8) is 0 Å². The lowest BCUT2D eigenvalue weighted by Crippen LogP contribution is -2.16. The van der Waals surface area contributed by atoms with Crippen molar-refractivity contribution in [2.75, 3.05) is 19.9 Å². The Labute approximate surface area is 127 Å². The van der Waals surface area contributed by atoms with Gasteiger partial charge in [-0.2, -0.15) is 0 Å². The summed E-state index contributed by atoms with van der Waals surface area (Å²) in [5.41, 5.74) is 1.40. The lowest BCUT2D eigenvalue weighted by Gasteiger charge is -2.19. The first-order valence-electron chi connectivity index (χ1n) is 7.75. The molecule has 0 saturated carbocycles. The summed E-state index contributed by atoms with van der Waals surface area (Å²) in [4.78, 5) is 0. The minimum Gasteiger partial charge on any atom is -0.493 e. The molecular formula is C17H27NO3. The summed E-state index contributed by atoms with van der Waals surface area (Å²) >= 11 is 0. The zero-order valence-electron chi connectivity index (χ0n) is 13.6. The van der Waals surface area contributed by atoms with Crippen molar-refractivity contribution in [2.45, 2.75) is 47.1 Å². The lowest BCUT2D eigenvalue weighted by atomic mass is 9.93. The summed E-state index contributed by atoms with van der Waals surface area (Å²) in [6, 6.07) is 3.98. The van der Waals surface area contributed by atoms with Gasteiger partial charge in [-0.05, 0) is 30.9 Å². The molecule has 4 heteroatoms. The van der Waals surface area contributed by atoms with Gasteiger partial charge in [0.1, 0.15) is 5.75 Å². The van der Waals surface area contributed by atoms with Gasteiger partial charge >= 0.3 is 0 Å². The second-order valence-electron chi connectivity index (χ2n) is 6.65. The predicted octanol–water partition coefficient (Wildman–Crippen LogP) is 3.73. The molecule has 2 rings (SSSR count). The van der Waals surface area contributed by atoms with Crippen molar-refractivity contribution in [3.05, 3.63) is 17.7 Å². The van der Waals surface area contributed by atoms with Crippen LogP contribution in [0.5, 0.6) is 17.2 Å². The fourth-order valence-electron chi connectivity index (χ4n) is 2.10. The minimum absolute atomic E-state index is 0.275. The van der Waals surface area contributed by atoms with Crippen LogP contribution in [0.2, 0.25) is 0 Å². The Bertz CT molecular complexity index is 466. The highest BCUT2D eigenvalue weighted by Crippen LogP contribution is 2.38. The Kier molecular flexibility index (Phi) is 5.34. The van der Waals surface area contributed by atoms with Crippen molar-refractivity contribution in [3.8, 4) is 17.2 Å². The Morgan fingerprint density at radius 3 is 2.57 bits per heavy atom. The molecule has 0 aromatic heterocycles. The van der Waals surface area contributed by atoms with Gasteiger partial charge in [-0.1, -0.05) is 27.7 Å². The first kappa shape index (κ1) is 16.0. The van der Waals surface area contributed by atoms with E-state index in [1.54, 1.807) is 0 Å². The van der Waals surface area contributed by atoms with Gasteiger partial charge in [0.15, 0.2) is 11.5 Å². The summed E-state index contributed by atoms with van der Waals surface area (Å²) in [7, 11) is 0. The standard InChI is InChI=1S/C17H27NO3/c1-5-7-18-11-13-9-15-16(21-12-20-15)10-14(13)19-8-6-17(2,3)4/h9-10,18H,5-8,11-12H2,1-4H3. The number of ether oxygens (including phenoxy) is 3. The highest BCUT2D eigenvalue weighted by molar-refractivity contribution is 5.51. The molecule has 1 aromatic carbocycles. The van der Waals surface area contributed by atoms with Crippen LogP contribution in [0.25, 0.3) is 0 Å². The number of rotatable bonds is 7. The van der Waals surface area contributed by atoms with Crippen molar-refractivity contribution in [1.29, 1.82) is 0 Å². The van der Waals surface area contributed by atoms with Gasteiger partial charge in [0, 0.05) is 18.2 Å². The smallest absolute Gasteiger partial charge is 0.231 e. The van der Waals surface area contributed by atoms with E-state index < -0.39 is 0 Å². The normalized spacial score (nSPS) is 13.5. The number of benzene rings is 1. The van der Waals surface area contributed by atoms with Gasteiger partial charge in [-0.3, -0.25) is 0 Å². The van der Waals surface area contributed by atoms with E-state index in [0.29, 0.717) is 13.4 Å². The maximum absolute atomic E-state index is 5.99. The van der Waals surface area contributed by atoms with Crippen LogP contribution in [0.1, 0.15) is 46.1 Å². The third-order valence-corrected chi connectivity index (χ3v) is 3.41. The molecule has 118 valence electrons. The van der Waals surface area contributed by atoms with Crippen molar-refractivity contribution < 1.29 is 14.2 Å². The molecule has 1 aliphatic heterocycles. The zero-order chi connectivity index (χ0) is 15.3. The van der Waals surface area contributed by atoms with Gasteiger partial charge < -0.3 is 19.5 Å². The second kappa shape index (κ2) is 7.03. The largest absolute Gasteiger partial charge is 0.493 e. The molecule has 4 nitrogen and oxygen atoms in total. The summed E-state index contributed by atoms with van der Waals surface area (Å²) in [5, 5.41) is 3.41. The molecule has 0 bridgehead atoms. The average molecular weight is 293 g/mol. The molecule has 1 N–H and O–H groups in total. The lowest BCUT2D eigenvalue weighted by molar-refractivity contribution is 0.173. The van der Waals surface area contributed by atoms with Gasteiger partial charge in [0.2, 0.25) is 6.79 Å². The molecule has 0 unspecified atom stereocenters. The second-order valence-corrected chi connectivity index (χ2v) is 6.65. The van der Waals surface area contributed by atoms with Crippen LogP contribution >= 0.6 is 0 Å². The number of hydrogen-bond donors (Lipinski definition) is 1. The molecule has 0 atom stereocenters. The number of fused-ring (bicyclic) bond motifs is 1. The minimum atomic E-state index is 0.275. The quantitative estimate of drug-likeness (QED) is 0.778. The van der Waals surface area contributed by atoms with Crippen LogP contribution < -0.4 is 19.5 Å². The van der Waals surface area contributed by atoms with Gasteiger partial charge in [0.05, 0.1) is 6.61 Å². The molecule has 0 saturated heterocycles. The maximum Gasteiger partial charge on any atom is 0.231 e. The van der Waals surface area contributed by atoms with E-state index in [9.17, 15) is 0 Å². The molecule has 0 fully saturated rings. The highest BCUT2D eigenvalue weighted by atomic mass is 16.7. The van der Waals surface area contributed by atoms with Crippen LogP contribution in [0.3, 0.4) is 0 Å². The highest BCUT2D eigenvalue weighted by Gasteiger charge is 2.18. The molecule has 0 radical (unpaired) electrons. The Balaban J connectivity index is 2.05. The SMILES string of the molecule is CCCNCc1cc2c(cc1OCCC(C)(C)C)OCO2. The summed E-state index contributed by atoms with van der Waals surface area (Å²) in [6.45, 7) is 11.6. The summed E-state index contributed by atoms with van der Waals surface area (Å²) in [5.74, 6) is 2.48. The van der Waals surface area contributed by atoms with E-state index in [2.05, 4.69) is 33.0 Å². The molecular weight excluding hydrogens is 266 g/mol. The first-order valence-corrected chi connectivity index (χ1v) is 7.75. The van der Waals surface area contributed by atoms with Gasteiger partial charge in [0.25, 0.3) is 0 Å². The van der Waals surface area contributed by atoms with E-state index in [1.165, 1.54) is 0 Å². The molecule has 0 aliphatic carbocycles. The Morgan fingerprint density at radius 1 is 1.19 bits per heavy atom. The van der Waals surface area contributed by atoms with Crippen LogP contribution in [0.4, 0.5) is 0 Å². The number of nitrogens with one attached hydrogen (secondary N) is 1. The summed E-state index contributed by atoms with van der Waals surface area (Å²) in [6.07, 6.45) is 2.13. The molecule has 1 aromatic rings. The van der Waals surface area contributed by atoms with E-state index in [1.807, 2.05) is 12.1 Å². The molecule has 0 spiro atoms. The van der Waals surface area contributed by atoms with Crippen LogP contribution in [0, 0.1) is 5.41 Å². The average Bonchev–Trinajstić information content (AvgIpc) is 2.84. The van der Waals surface area contributed by atoms with E-state index in [4.69, 9.17) is 14.2 Å². The van der Waals surface area contributed by atoms with Gasteiger partial charge in [-0.25, -0.2) is 0 Å². The molecule has 1 heterocycles. The van der Waals surface area contributed by atoms with Crippen molar-refractivity contribution >= 4 is 0 Å². The monoisotopic (exact) mass is 293 g/mol. The van der Waals surface area contributed by atoms with Gasteiger partial charge in [-0.15, -0.1) is 0 Å². The molecule has 0 amide bonds. The van der Waals surface area contributed by atoms with Crippen LogP contribution in [0.15, 0.2) is 12.1 Å².